The molecule has 0 heterocycles. The Labute approximate surface area is 201 Å². The number of Topliss-reactive ketones (excluding diaryl/α,β-unsaturated/α-hetero) is 1. The third-order valence-electron chi connectivity index (χ3n) is 9.50. The smallest absolute Gasteiger partial charge is 0.306 e. The third-order valence-corrected chi connectivity index (χ3v) is 10.6. The number of hydrogen-bond acceptors (Lipinski definition) is 6. The van der Waals surface area contributed by atoms with Crippen LogP contribution in [0.4, 0.5) is 0 Å². The summed E-state index contributed by atoms with van der Waals surface area (Å²) in [5.74, 6) is 1.09. The van der Waals surface area contributed by atoms with Crippen LogP contribution >= 0.6 is 11.8 Å². The summed E-state index contributed by atoms with van der Waals surface area (Å²) < 4.78 is 5.28. The lowest BCUT2D eigenvalue weighted by atomic mass is 9.46. The summed E-state index contributed by atoms with van der Waals surface area (Å²) in [6.45, 7) is 8.06. The average Bonchev–Trinajstić information content (AvgIpc) is 3.10. The van der Waals surface area contributed by atoms with Crippen LogP contribution < -0.4 is 0 Å². The Hall–Kier alpha value is -1.43. The molecule has 3 saturated carbocycles. The number of esters is 1. The zero-order valence-corrected chi connectivity index (χ0v) is 21.3. The molecule has 0 spiro atoms. The minimum absolute atomic E-state index is 0.0194. The number of carbonyl (C=O) groups is 4. The summed E-state index contributed by atoms with van der Waals surface area (Å²) in [5, 5.41) is 0.296. The first kappa shape index (κ1) is 24.7. The molecule has 0 unspecified atom stereocenters. The summed E-state index contributed by atoms with van der Waals surface area (Å²) in [5.41, 5.74) is 1.15. The maximum Gasteiger partial charge on any atom is 0.306 e. The van der Waals surface area contributed by atoms with Crippen molar-refractivity contribution >= 4 is 34.4 Å². The topological polar surface area (TPSA) is 77.5 Å². The van der Waals surface area contributed by atoms with E-state index in [9.17, 15) is 19.2 Å². The lowest BCUT2D eigenvalue weighted by Gasteiger charge is -2.60. The number of thioether (sulfide) groups is 1. The molecule has 33 heavy (non-hydrogen) atoms. The molecule has 0 amide bonds. The van der Waals surface area contributed by atoms with E-state index in [1.807, 2.05) is 13.0 Å². The molecule has 5 nitrogen and oxygen atoms in total. The minimum Gasteiger partial charge on any atom is -0.458 e. The fourth-order valence-corrected chi connectivity index (χ4v) is 9.12. The van der Waals surface area contributed by atoms with Gasteiger partial charge >= 0.3 is 5.97 Å². The zero-order chi connectivity index (χ0) is 24.0. The maximum absolute atomic E-state index is 13.2. The summed E-state index contributed by atoms with van der Waals surface area (Å²) in [4.78, 5) is 49.4. The van der Waals surface area contributed by atoms with Gasteiger partial charge in [-0.05, 0) is 79.6 Å². The van der Waals surface area contributed by atoms with E-state index in [4.69, 9.17) is 4.74 Å². The van der Waals surface area contributed by atoms with Crippen LogP contribution in [0.3, 0.4) is 0 Å². The lowest BCUT2D eigenvalue weighted by Crippen LogP contribution is -2.55. The highest BCUT2D eigenvalue weighted by molar-refractivity contribution is 8.14. The number of ether oxygens (including phenoxy) is 1. The van der Waals surface area contributed by atoms with Gasteiger partial charge in [-0.3, -0.25) is 19.2 Å². The van der Waals surface area contributed by atoms with Gasteiger partial charge in [-0.15, -0.1) is 0 Å². The molecule has 7 atom stereocenters. The van der Waals surface area contributed by atoms with Crippen molar-refractivity contribution in [2.45, 2.75) is 90.7 Å². The molecule has 0 N–H and O–H groups in total. The van der Waals surface area contributed by atoms with Crippen molar-refractivity contribution in [1.29, 1.82) is 0 Å². The fourth-order valence-electron chi connectivity index (χ4n) is 7.89. The van der Waals surface area contributed by atoms with E-state index in [1.165, 1.54) is 17.3 Å². The van der Waals surface area contributed by atoms with Crippen LogP contribution in [0, 0.1) is 34.5 Å². The van der Waals surface area contributed by atoms with Gasteiger partial charge in [0.1, 0.15) is 6.61 Å². The van der Waals surface area contributed by atoms with Gasteiger partial charge in [-0.1, -0.05) is 38.1 Å². The highest BCUT2D eigenvalue weighted by Gasteiger charge is 2.62. The number of fused-ring (bicyclic) bond motifs is 5. The number of allylic oxidation sites excluding steroid dienone is 1. The monoisotopic (exact) mass is 474 g/mol. The summed E-state index contributed by atoms with van der Waals surface area (Å²) in [6, 6.07) is 0. The van der Waals surface area contributed by atoms with Crippen molar-refractivity contribution in [1.82, 2.24) is 0 Å². The van der Waals surface area contributed by atoms with Gasteiger partial charge in [0, 0.05) is 30.9 Å². The van der Waals surface area contributed by atoms with Crippen molar-refractivity contribution in [3.63, 3.8) is 0 Å². The van der Waals surface area contributed by atoms with E-state index in [0.717, 1.165) is 44.9 Å². The molecule has 4 aliphatic rings. The van der Waals surface area contributed by atoms with Crippen LogP contribution in [0.5, 0.6) is 0 Å². The standard InChI is InChI=1S/C27H38O5S/c1-5-6-24(31)32-15-22(30)19-7-8-20-25-21(10-12-27(19,20)4)26(3)11-9-18(29)13-17(26)14-23(25)33-16(2)28/h13,19-21,23,25H,5-12,14-15H2,1-4H3/t19-,20+,21+,23-,25+,26+,27-/m1/s1. The van der Waals surface area contributed by atoms with Crippen LogP contribution in [0.1, 0.15) is 85.5 Å². The van der Waals surface area contributed by atoms with Gasteiger partial charge in [-0.25, -0.2) is 0 Å². The number of hydrogen-bond donors (Lipinski definition) is 0. The van der Waals surface area contributed by atoms with Gasteiger partial charge in [0.25, 0.3) is 0 Å². The highest BCUT2D eigenvalue weighted by Crippen LogP contribution is 2.68. The van der Waals surface area contributed by atoms with Gasteiger partial charge in [0.05, 0.1) is 0 Å². The minimum atomic E-state index is -0.293. The first-order valence-corrected chi connectivity index (χ1v) is 13.6. The molecule has 0 aromatic rings. The quantitative estimate of drug-likeness (QED) is 0.486. The normalized spacial score (nSPS) is 39.7. The number of carbonyl (C=O) groups excluding carboxylic acids is 4. The molecule has 3 fully saturated rings. The number of ketones is 2. The van der Waals surface area contributed by atoms with Crippen LogP contribution in [0.2, 0.25) is 0 Å². The molecule has 182 valence electrons. The van der Waals surface area contributed by atoms with Crippen molar-refractivity contribution < 1.29 is 23.9 Å². The van der Waals surface area contributed by atoms with Gasteiger partial charge in [-0.2, -0.15) is 0 Å². The Balaban J connectivity index is 1.60. The zero-order valence-electron chi connectivity index (χ0n) is 20.5. The molecule has 0 radical (unpaired) electrons. The van der Waals surface area contributed by atoms with E-state index in [1.54, 1.807) is 6.92 Å². The van der Waals surface area contributed by atoms with Crippen molar-refractivity contribution in [2.75, 3.05) is 6.61 Å². The Kier molecular flexibility index (Phi) is 6.97. The van der Waals surface area contributed by atoms with E-state index in [2.05, 4.69) is 13.8 Å². The Morgan fingerprint density at radius 1 is 1.12 bits per heavy atom. The first-order chi connectivity index (χ1) is 15.6. The van der Waals surface area contributed by atoms with E-state index in [0.29, 0.717) is 30.6 Å². The fraction of sp³-hybridized carbons (Fsp3) is 0.778. The van der Waals surface area contributed by atoms with Crippen molar-refractivity contribution in [2.24, 2.45) is 34.5 Å². The average molecular weight is 475 g/mol. The lowest BCUT2D eigenvalue weighted by molar-refractivity contribution is -0.151. The van der Waals surface area contributed by atoms with Crippen LogP contribution in [-0.4, -0.2) is 34.5 Å². The Morgan fingerprint density at radius 2 is 1.88 bits per heavy atom. The predicted octanol–water partition coefficient (Wildman–Crippen LogP) is 5.31. The Morgan fingerprint density at radius 3 is 2.58 bits per heavy atom. The summed E-state index contributed by atoms with van der Waals surface area (Å²) >= 11 is 1.45. The predicted molar refractivity (Wildman–Crippen MR) is 129 cm³/mol. The number of rotatable bonds is 6. The maximum atomic E-state index is 13.2. The SMILES string of the molecule is CCCC(=O)OCC(=O)[C@H]1CC[C@H]2[C@@H]3[C@H](SC(C)=O)CC4=CC(=O)CC[C@]4(C)[C@H]3CC[C@]12C. The molecule has 0 saturated heterocycles. The largest absolute Gasteiger partial charge is 0.458 e. The molecular weight excluding hydrogens is 436 g/mol. The third kappa shape index (κ3) is 4.37. The van der Waals surface area contributed by atoms with Gasteiger partial charge < -0.3 is 4.74 Å². The molecular formula is C27H38O5S. The van der Waals surface area contributed by atoms with Gasteiger partial charge in [0.15, 0.2) is 16.7 Å². The molecule has 4 aliphatic carbocycles. The molecule has 0 aliphatic heterocycles. The van der Waals surface area contributed by atoms with Crippen molar-refractivity contribution in [3.8, 4) is 0 Å². The van der Waals surface area contributed by atoms with Gasteiger partial charge in [0.2, 0.25) is 0 Å². The second-order valence-corrected chi connectivity index (χ2v) is 12.7. The van der Waals surface area contributed by atoms with Crippen LogP contribution in [-0.2, 0) is 23.9 Å². The van der Waals surface area contributed by atoms with E-state index < -0.39 is 0 Å². The van der Waals surface area contributed by atoms with Crippen LogP contribution in [0.15, 0.2) is 11.6 Å². The molecule has 0 bridgehead atoms. The van der Waals surface area contributed by atoms with E-state index >= 15 is 0 Å². The second kappa shape index (κ2) is 9.31. The highest BCUT2D eigenvalue weighted by atomic mass is 32.2. The summed E-state index contributed by atoms with van der Waals surface area (Å²) in [6.07, 6.45) is 9.08. The van der Waals surface area contributed by atoms with E-state index in [-0.39, 0.29) is 51.3 Å². The first-order valence-electron chi connectivity index (χ1n) is 12.7. The molecule has 6 heteroatoms. The van der Waals surface area contributed by atoms with Crippen molar-refractivity contribution in [3.05, 3.63) is 11.6 Å². The molecule has 4 rings (SSSR count). The summed E-state index contributed by atoms with van der Waals surface area (Å²) in [7, 11) is 0. The molecule has 0 aromatic carbocycles. The Bertz CT molecular complexity index is 878. The molecule has 0 aromatic heterocycles. The second-order valence-electron chi connectivity index (χ2n) is 11.2. The van der Waals surface area contributed by atoms with Crippen LogP contribution in [0.25, 0.3) is 0 Å².